The number of hydrogen-bond acceptors (Lipinski definition) is 6. The molecule has 1 saturated heterocycles. The Labute approximate surface area is 151 Å². The average molecular weight is 389 g/mol. The third-order valence-electron chi connectivity index (χ3n) is 3.80. The fourth-order valence-electron chi connectivity index (χ4n) is 2.32. The highest BCUT2D eigenvalue weighted by molar-refractivity contribution is 7.91. The molecule has 1 fully saturated rings. The van der Waals surface area contributed by atoms with Crippen LogP contribution in [0, 0.1) is 12.3 Å². The molecule has 2 rings (SSSR count). The Morgan fingerprint density at radius 2 is 1.80 bits per heavy atom. The molecular weight excluding hydrogens is 366 g/mol. The van der Waals surface area contributed by atoms with Gasteiger partial charge in [-0.3, -0.25) is 9.59 Å². The molecule has 0 aromatic carbocycles. The predicted octanol–water partition coefficient (Wildman–Crippen LogP) is 1.16. The zero-order chi connectivity index (χ0) is 19.0. The van der Waals surface area contributed by atoms with E-state index in [-0.39, 0.29) is 39.3 Å². The van der Waals surface area contributed by atoms with Crippen molar-refractivity contribution in [1.82, 2.24) is 4.31 Å². The van der Waals surface area contributed by atoms with Crippen molar-refractivity contribution >= 4 is 38.2 Å². The van der Waals surface area contributed by atoms with Gasteiger partial charge in [0.25, 0.3) is 15.9 Å². The number of rotatable bonds is 4. The van der Waals surface area contributed by atoms with Gasteiger partial charge in [0, 0.05) is 18.5 Å². The van der Waals surface area contributed by atoms with Gasteiger partial charge in [-0.05, 0) is 12.5 Å². The van der Waals surface area contributed by atoms with E-state index >= 15 is 0 Å². The van der Waals surface area contributed by atoms with Crippen LogP contribution in [0.1, 0.15) is 36.7 Å². The summed E-state index contributed by atoms with van der Waals surface area (Å²) in [6.45, 7) is 7.81. The number of amides is 2. The van der Waals surface area contributed by atoms with Gasteiger partial charge in [0.2, 0.25) is 5.91 Å². The molecule has 1 aromatic rings. The zero-order valence-electron chi connectivity index (χ0n) is 14.7. The highest BCUT2D eigenvalue weighted by atomic mass is 32.2. The van der Waals surface area contributed by atoms with Gasteiger partial charge < -0.3 is 15.8 Å². The molecule has 0 spiro atoms. The van der Waals surface area contributed by atoms with Crippen LogP contribution in [0.15, 0.2) is 4.21 Å². The SMILES string of the molecule is Cc1c(S(=O)(=O)N2CCOCC2)sc(NC(=O)C(C)(C)C)c1C(N)=O. The zero-order valence-corrected chi connectivity index (χ0v) is 16.3. The quantitative estimate of drug-likeness (QED) is 0.801. The van der Waals surface area contributed by atoms with Crippen molar-refractivity contribution in [3.8, 4) is 0 Å². The van der Waals surface area contributed by atoms with E-state index in [9.17, 15) is 18.0 Å². The number of hydrogen-bond donors (Lipinski definition) is 2. The summed E-state index contributed by atoms with van der Waals surface area (Å²) in [5.74, 6) is -1.10. The fraction of sp³-hybridized carbons (Fsp3) is 0.600. The Morgan fingerprint density at radius 1 is 1.24 bits per heavy atom. The molecule has 140 valence electrons. The number of ether oxygens (including phenoxy) is 1. The number of nitrogens with two attached hydrogens (primary N) is 1. The molecule has 0 unspecified atom stereocenters. The third kappa shape index (κ3) is 4.02. The first-order valence-corrected chi connectivity index (χ1v) is 10.0. The van der Waals surface area contributed by atoms with Crippen molar-refractivity contribution in [2.45, 2.75) is 31.9 Å². The van der Waals surface area contributed by atoms with Gasteiger partial charge in [-0.25, -0.2) is 8.42 Å². The second-order valence-corrected chi connectivity index (χ2v) is 9.96. The topological polar surface area (TPSA) is 119 Å². The Bertz CT molecular complexity index is 787. The monoisotopic (exact) mass is 389 g/mol. The number of thiophene rings is 1. The van der Waals surface area contributed by atoms with Gasteiger partial charge in [-0.1, -0.05) is 20.8 Å². The van der Waals surface area contributed by atoms with Crippen LogP contribution < -0.4 is 11.1 Å². The van der Waals surface area contributed by atoms with E-state index in [1.807, 2.05) is 0 Å². The molecule has 2 amide bonds. The minimum Gasteiger partial charge on any atom is -0.379 e. The molecular formula is C15H23N3O5S2. The van der Waals surface area contributed by atoms with Crippen molar-refractivity contribution < 1.29 is 22.7 Å². The van der Waals surface area contributed by atoms with Crippen LogP contribution in [0.4, 0.5) is 5.00 Å². The molecule has 1 aliphatic rings. The van der Waals surface area contributed by atoms with E-state index in [0.29, 0.717) is 13.2 Å². The summed E-state index contributed by atoms with van der Waals surface area (Å²) in [4.78, 5) is 24.1. The van der Waals surface area contributed by atoms with E-state index in [0.717, 1.165) is 11.3 Å². The number of anilines is 1. The van der Waals surface area contributed by atoms with Gasteiger partial charge in [-0.2, -0.15) is 4.31 Å². The molecule has 0 bridgehead atoms. The summed E-state index contributed by atoms with van der Waals surface area (Å²) in [7, 11) is -3.79. The normalized spacial score (nSPS) is 16.6. The van der Waals surface area contributed by atoms with Crippen LogP contribution >= 0.6 is 11.3 Å². The summed E-state index contributed by atoms with van der Waals surface area (Å²) in [5.41, 5.74) is 5.02. The van der Waals surface area contributed by atoms with Crippen LogP contribution in [-0.4, -0.2) is 50.8 Å². The molecule has 1 aliphatic heterocycles. The summed E-state index contributed by atoms with van der Waals surface area (Å²) >= 11 is 0.856. The number of nitrogens with zero attached hydrogens (tertiary/aromatic N) is 1. The van der Waals surface area contributed by atoms with Crippen LogP contribution in [0.2, 0.25) is 0 Å². The van der Waals surface area contributed by atoms with E-state index in [1.54, 1.807) is 20.8 Å². The average Bonchev–Trinajstić information content (AvgIpc) is 2.84. The molecule has 0 saturated carbocycles. The Balaban J connectivity index is 2.48. The minimum absolute atomic E-state index is 0.0207. The van der Waals surface area contributed by atoms with E-state index < -0.39 is 21.3 Å². The number of carbonyl (C=O) groups is 2. The first kappa shape index (κ1) is 19.8. The van der Waals surface area contributed by atoms with Crippen molar-refractivity contribution in [2.24, 2.45) is 11.1 Å². The van der Waals surface area contributed by atoms with Crippen molar-refractivity contribution in [3.63, 3.8) is 0 Å². The number of sulfonamides is 1. The summed E-state index contributed by atoms with van der Waals surface area (Å²) < 4.78 is 32.3. The van der Waals surface area contributed by atoms with E-state index in [1.165, 1.54) is 11.2 Å². The maximum Gasteiger partial charge on any atom is 0.253 e. The summed E-state index contributed by atoms with van der Waals surface area (Å²) in [6, 6.07) is 0. The van der Waals surface area contributed by atoms with Gasteiger partial charge >= 0.3 is 0 Å². The first-order valence-electron chi connectivity index (χ1n) is 7.79. The third-order valence-corrected chi connectivity index (χ3v) is 7.51. The molecule has 2 heterocycles. The standard InChI is InChI=1S/C15H23N3O5S2/c1-9-10(11(16)19)12(17-14(20)15(2,3)4)24-13(9)25(21,22)18-5-7-23-8-6-18/h5-8H2,1-4H3,(H2,16,19)(H,17,20). The summed E-state index contributed by atoms with van der Waals surface area (Å²) in [6.07, 6.45) is 0. The van der Waals surface area contributed by atoms with Crippen LogP contribution in [0.25, 0.3) is 0 Å². The van der Waals surface area contributed by atoms with Gasteiger partial charge in [0.15, 0.2) is 0 Å². The van der Waals surface area contributed by atoms with Crippen molar-refractivity contribution in [3.05, 3.63) is 11.1 Å². The molecule has 0 aliphatic carbocycles. The fourth-order valence-corrected chi connectivity index (χ4v) is 5.60. The highest BCUT2D eigenvalue weighted by Crippen LogP contribution is 2.38. The number of nitrogens with one attached hydrogen (secondary N) is 1. The Kier molecular flexibility index (Phi) is 5.57. The lowest BCUT2D eigenvalue weighted by molar-refractivity contribution is -0.123. The van der Waals surface area contributed by atoms with E-state index in [4.69, 9.17) is 10.5 Å². The lowest BCUT2D eigenvalue weighted by atomic mass is 9.96. The molecule has 1 aromatic heterocycles. The van der Waals surface area contributed by atoms with Gasteiger partial charge in [-0.15, -0.1) is 11.3 Å². The van der Waals surface area contributed by atoms with Crippen molar-refractivity contribution in [1.29, 1.82) is 0 Å². The molecule has 10 heteroatoms. The predicted molar refractivity (Wildman–Crippen MR) is 95.2 cm³/mol. The first-order chi connectivity index (χ1) is 11.5. The van der Waals surface area contributed by atoms with Crippen LogP contribution in [0.3, 0.4) is 0 Å². The lowest BCUT2D eigenvalue weighted by Crippen LogP contribution is -2.40. The molecule has 8 nitrogen and oxygen atoms in total. The molecule has 25 heavy (non-hydrogen) atoms. The number of primary amides is 1. The minimum atomic E-state index is -3.79. The van der Waals surface area contributed by atoms with Crippen LogP contribution in [-0.2, 0) is 19.6 Å². The Morgan fingerprint density at radius 3 is 2.28 bits per heavy atom. The number of carbonyl (C=O) groups excluding carboxylic acids is 2. The highest BCUT2D eigenvalue weighted by Gasteiger charge is 2.34. The second-order valence-electron chi connectivity index (χ2n) is 6.80. The number of morpholine rings is 1. The Hall–Kier alpha value is -1.49. The molecule has 0 atom stereocenters. The van der Waals surface area contributed by atoms with Crippen LogP contribution in [0.5, 0.6) is 0 Å². The van der Waals surface area contributed by atoms with Gasteiger partial charge in [0.05, 0.1) is 18.8 Å². The smallest absolute Gasteiger partial charge is 0.253 e. The maximum absolute atomic E-state index is 12.9. The van der Waals surface area contributed by atoms with Gasteiger partial charge in [0.1, 0.15) is 9.21 Å². The lowest BCUT2D eigenvalue weighted by Gasteiger charge is -2.25. The van der Waals surface area contributed by atoms with E-state index in [2.05, 4.69) is 5.32 Å². The van der Waals surface area contributed by atoms with Crippen molar-refractivity contribution in [2.75, 3.05) is 31.6 Å². The maximum atomic E-state index is 12.9. The molecule has 0 radical (unpaired) electrons. The molecule has 3 N–H and O–H groups in total. The second kappa shape index (κ2) is 7.02. The summed E-state index contributed by atoms with van der Waals surface area (Å²) in [5, 5.41) is 2.80. The largest absolute Gasteiger partial charge is 0.379 e.